The highest BCUT2D eigenvalue weighted by atomic mass is 16.5. The molecule has 0 aliphatic heterocycles. The van der Waals surface area contributed by atoms with Crippen molar-refractivity contribution in [2.24, 2.45) is 0 Å². The lowest BCUT2D eigenvalue weighted by atomic mass is 9.93. The number of benzene rings is 1. The molecule has 4 nitrogen and oxygen atoms in total. The molecule has 0 radical (unpaired) electrons. The van der Waals surface area contributed by atoms with Gasteiger partial charge in [0, 0.05) is 24.4 Å². The fraction of sp³-hybridized carbons (Fsp3) is 0.519. The number of carbonyl (C=O) groups excluding carboxylic acids is 1. The second-order valence-electron chi connectivity index (χ2n) is 8.18. The monoisotopic (exact) mass is 422 g/mol. The van der Waals surface area contributed by atoms with Gasteiger partial charge in [0.2, 0.25) is 0 Å². The molecule has 1 atom stereocenters. The van der Waals surface area contributed by atoms with E-state index in [4.69, 9.17) is 4.74 Å². The molecule has 2 aromatic rings. The summed E-state index contributed by atoms with van der Waals surface area (Å²) >= 11 is 0. The van der Waals surface area contributed by atoms with Crippen LogP contribution in [0.3, 0.4) is 0 Å². The molecule has 0 aliphatic rings. The molecule has 0 fully saturated rings. The maximum atomic E-state index is 12.2. The summed E-state index contributed by atoms with van der Waals surface area (Å²) in [5.74, 6) is -0.226. The number of rotatable bonds is 15. The van der Waals surface area contributed by atoms with E-state index in [0.29, 0.717) is 0 Å². The van der Waals surface area contributed by atoms with E-state index < -0.39 is 5.97 Å². The van der Waals surface area contributed by atoms with Crippen molar-refractivity contribution in [1.82, 2.24) is 9.97 Å². The number of aromatic nitrogens is 2. The highest BCUT2D eigenvalue weighted by molar-refractivity contribution is 5.83. The first kappa shape index (κ1) is 24.8. The number of carbonyl (C=O) groups is 1. The Morgan fingerprint density at radius 3 is 2.23 bits per heavy atom. The van der Waals surface area contributed by atoms with E-state index in [2.05, 4.69) is 35.9 Å². The Kier molecular flexibility index (Phi) is 12.3. The van der Waals surface area contributed by atoms with Crippen LogP contribution in [-0.2, 0) is 11.2 Å². The fourth-order valence-corrected chi connectivity index (χ4v) is 3.63. The van der Waals surface area contributed by atoms with Crippen LogP contribution in [0.4, 0.5) is 0 Å². The largest absolute Gasteiger partial charge is 0.388 e. The zero-order valence-electron chi connectivity index (χ0n) is 19.3. The van der Waals surface area contributed by atoms with Crippen molar-refractivity contribution in [3.8, 4) is 6.01 Å². The summed E-state index contributed by atoms with van der Waals surface area (Å²) < 4.78 is 5.29. The lowest BCUT2D eigenvalue weighted by Gasteiger charge is -2.12. The van der Waals surface area contributed by atoms with Crippen molar-refractivity contribution in [2.75, 3.05) is 0 Å². The number of nitrogens with zero attached hydrogens (tertiary/aromatic N) is 2. The summed E-state index contributed by atoms with van der Waals surface area (Å²) in [6.45, 7) is 4.42. The first-order chi connectivity index (χ1) is 15.2. The second-order valence-corrected chi connectivity index (χ2v) is 8.18. The summed E-state index contributed by atoms with van der Waals surface area (Å²) in [6, 6.07) is 10.4. The highest BCUT2D eigenvalue weighted by Crippen LogP contribution is 2.23. The van der Waals surface area contributed by atoms with Crippen molar-refractivity contribution in [3.05, 3.63) is 66.0 Å². The third-order valence-electron chi connectivity index (χ3n) is 5.50. The Hall–Kier alpha value is -2.49. The fourth-order valence-electron chi connectivity index (χ4n) is 3.63. The van der Waals surface area contributed by atoms with Crippen molar-refractivity contribution in [3.63, 3.8) is 0 Å². The molecule has 0 N–H and O–H groups in total. The molecule has 0 amide bonds. The lowest BCUT2D eigenvalue weighted by Crippen LogP contribution is -2.08. The zero-order valence-corrected chi connectivity index (χ0v) is 19.3. The van der Waals surface area contributed by atoms with E-state index in [0.717, 1.165) is 37.7 Å². The van der Waals surface area contributed by atoms with Crippen molar-refractivity contribution < 1.29 is 9.53 Å². The SMILES string of the molecule is CCCCCCCCCc1cnc(OC(=O)/C=C/C(CCCC)c2ccccc2)nc1. The first-order valence-electron chi connectivity index (χ1n) is 12.0. The molecule has 1 unspecified atom stereocenters. The van der Waals surface area contributed by atoms with Gasteiger partial charge in [0.25, 0.3) is 0 Å². The van der Waals surface area contributed by atoms with E-state index in [1.54, 1.807) is 12.4 Å². The normalized spacial score (nSPS) is 12.2. The van der Waals surface area contributed by atoms with Crippen LogP contribution in [0.2, 0.25) is 0 Å². The Labute approximate surface area is 188 Å². The molecule has 0 saturated heterocycles. The van der Waals surface area contributed by atoms with E-state index in [9.17, 15) is 4.79 Å². The number of ether oxygens (including phenoxy) is 1. The smallest absolute Gasteiger partial charge is 0.338 e. The summed E-state index contributed by atoms with van der Waals surface area (Å²) in [5, 5.41) is 0. The quantitative estimate of drug-likeness (QED) is 0.173. The number of aryl methyl sites for hydroxylation is 1. The van der Waals surface area contributed by atoms with Crippen LogP contribution < -0.4 is 4.74 Å². The third kappa shape index (κ3) is 10.4. The van der Waals surface area contributed by atoms with Crippen LogP contribution in [0.1, 0.15) is 95.1 Å². The van der Waals surface area contributed by atoms with Crippen molar-refractivity contribution in [1.29, 1.82) is 0 Å². The molecule has 1 heterocycles. The van der Waals surface area contributed by atoms with Crippen LogP contribution in [-0.4, -0.2) is 15.9 Å². The maximum absolute atomic E-state index is 12.2. The third-order valence-corrected chi connectivity index (χ3v) is 5.50. The summed E-state index contributed by atoms with van der Waals surface area (Å²) in [7, 11) is 0. The standard InChI is InChI=1S/C27H38N2O2/c1-3-5-7-8-9-10-12-15-23-21-28-27(29-22-23)31-26(30)20-19-25(16-6-4-2)24-17-13-11-14-18-24/h11,13-14,17-22,25H,3-10,12,15-16H2,1-2H3/b20-19+. The van der Waals surface area contributed by atoms with Crippen molar-refractivity contribution in [2.45, 2.75) is 90.4 Å². The van der Waals surface area contributed by atoms with Gasteiger partial charge < -0.3 is 4.74 Å². The average molecular weight is 423 g/mol. The molecular weight excluding hydrogens is 384 g/mol. The summed E-state index contributed by atoms with van der Waals surface area (Å²) in [4.78, 5) is 20.6. The van der Waals surface area contributed by atoms with Gasteiger partial charge in [-0.3, -0.25) is 0 Å². The molecule has 0 saturated carbocycles. The first-order valence-corrected chi connectivity index (χ1v) is 12.0. The minimum atomic E-state index is -0.433. The number of hydrogen-bond donors (Lipinski definition) is 0. The lowest BCUT2D eigenvalue weighted by molar-refractivity contribution is -0.129. The minimum absolute atomic E-state index is 0.114. The summed E-state index contributed by atoms with van der Waals surface area (Å²) in [6.07, 6.45) is 20.2. The number of unbranched alkanes of at least 4 members (excludes halogenated alkanes) is 7. The Morgan fingerprint density at radius 1 is 0.903 bits per heavy atom. The Balaban J connectivity index is 1.77. The number of hydrogen-bond acceptors (Lipinski definition) is 4. The van der Waals surface area contributed by atoms with E-state index in [1.165, 1.54) is 50.2 Å². The molecule has 0 spiro atoms. The second kappa shape index (κ2) is 15.3. The molecular formula is C27H38N2O2. The molecule has 4 heteroatoms. The molecule has 0 bridgehead atoms. The average Bonchev–Trinajstić information content (AvgIpc) is 2.80. The van der Waals surface area contributed by atoms with E-state index in [-0.39, 0.29) is 11.9 Å². The van der Waals surface area contributed by atoms with Gasteiger partial charge in [0.15, 0.2) is 0 Å². The van der Waals surface area contributed by atoms with Gasteiger partial charge in [-0.05, 0) is 30.4 Å². The van der Waals surface area contributed by atoms with Crippen molar-refractivity contribution >= 4 is 5.97 Å². The highest BCUT2D eigenvalue weighted by Gasteiger charge is 2.09. The maximum Gasteiger partial charge on any atom is 0.338 e. The molecule has 0 aliphatic carbocycles. The molecule has 2 rings (SSSR count). The van der Waals surface area contributed by atoms with Crippen LogP contribution in [0.25, 0.3) is 0 Å². The topological polar surface area (TPSA) is 52.1 Å². The van der Waals surface area contributed by atoms with Gasteiger partial charge in [-0.25, -0.2) is 14.8 Å². The zero-order chi connectivity index (χ0) is 22.2. The van der Waals surface area contributed by atoms with E-state index >= 15 is 0 Å². The predicted molar refractivity (Wildman–Crippen MR) is 127 cm³/mol. The van der Waals surface area contributed by atoms with Crippen LogP contribution in [0, 0.1) is 0 Å². The van der Waals surface area contributed by atoms with Crippen LogP contribution in [0.15, 0.2) is 54.9 Å². The Morgan fingerprint density at radius 2 is 1.55 bits per heavy atom. The van der Waals surface area contributed by atoms with Gasteiger partial charge in [0.1, 0.15) is 0 Å². The van der Waals surface area contributed by atoms with Gasteiger partial charge in [-0.2, -0.15) is 0 Å². The van der Waals surface area contributed by atoms with Gasteiger partial charge >= 0.3 is 12.0 Å². The van der Waals surface area contributed by atoms with Crippen LogP contribution in [0.5, 0.6) is 6.01 Å². The number of allylic oxidation sites excluding steroid dienone is 1. The van der Waals surface area contributed by atoms with Gasteiger partial charge in [-0.15, -0.1) is 0 Å². The molecule has 168 valence electrons. The summed E-state index contributed by atoms with van der Waals surface area (Å²) in [5.41, 5.74) is 2.30. The van der Waals surface area contributed by atoms with Gasteiger partial charge in [-0.1, -0.05) is 102 Å². The molecule has 31 heavy (non-hydrogen) atoms. The minimum Gasteiger partial charge on any atom is -0.388 e. The van der Waals surface area contributed by atoms with Crippen LogP contribution >= 0.6 is 0 Å². The molecule has 1 aromatic heterocycles. The predicted octanol–water partition coefficient (Wildman–Crippen LogP) is 7.21. The Bertz CT molecular complexity index is 757. The van der Waals surface area contributed by atoms with E-state index in [1.807, 2.05) is 24.3 Å². The number of esters is 1. The van der Waals surface area contributed by atoms with Gasteiger partial charge in [0.05, 0.1) is 0 Å². The molecule has 1 aromatic carbocycles.